The first-order valence-corrected chi connectivity index (χ1v) is 18.4. The molecule has 0 saturated carbocycles. The maximum Gasteiger partial charge on any atom is 0.306 e. The van der Waals surface area contributed by atoms with E-state index in [1.165, 1.54) is 19.3 Å². The normalized spacial score (nSPS) is 22.7. The molecule has 0 aliphatic carbocycles. The van der Waals surface area contributed by atoms with Gasteiger partial charge >= 0.3 is 5.97 Å². The quantitative estimate of drug-likeness (QED) is 0.0383. The standard InChI is InChI=1S/C39H66O9/c1-3-5-7-8-9-10-11-12-13-14-15-16-17-18-19-20-21-22-23-24-25-27-29-45-31-33(47-35(41)28-26-6-4-2)32-46-39-38(44)37(43)36(42)34(30-40)48-39/h5,7,9-10,12-13,15-16,18-19,33-34,36-40,42-44H,3-4,6,8,11,14,17,20-32H2,1-2H3/b7-5-,10-9-,13-12-,16-15-,19-18-. The van der Waals surface area contributed by atoms with Crippen molar-refractivity contribution in [3.8, 4) is 0 Å². The first-order chi connectivity index (χ1) is 23.4. The highest BCUT2D eigenvalue weighted by Gasteiger charge is 2.44. The number of allylic oxidation sites excluding steroid dienone is 10. The van der Waals surface area contributed by atoms with Crippen molar-refractivity contribution in [3.05, 3.63) is 60.8 Å². The van der Waals surface area contributed by atoms with E-state index in [-0.39, 0.29) is 19.2 Å². The molecule has 1 aliphatic rings. The van der Waals surface area contributed by atoms with Crippen LogP contribution in [0.3, 0.4) is 0 Å². The molecule has 0 radical (unpaired) electrons. The van der Waals surface area contributed by atoms with Crippen LogP contribution >= 0.6 is 0 Å². The lowest BCUT2D eigenvalue weighted by Crippen LogP contribution is -2.59. The fourth-order valence-corrected chi connectivity index (χ4v) is 5.04. The van der Waals surface area contributed by atoms with Crippen LogP contribution in [0.15, 0.2) is 60.8 Å². The van der Waals surface area contributed by atoms with E-state index in [2.05, 4.69) is 74.6 Å². The number of hydrogen-bond acceptors (Lipinski definition) is 9. The second-order valence-corrected chi connectivity index (χ2v) is 12.3. The summed E-state index contributed by atoms with van der Waals surface area (Å²) in [6.07, 6.45) is 30.5. The third-order valence-corrected chi connectivity index (χ3v) is 7.95. The van der Waals surface area contributed by atoms with Crippen LogP contribution in [-0.2, 0) is 23.7 Å². The van der Waals surface area contributed by atoms with Gasteiger partial charge in [0.25, 0.3) is 0 Å². The van der Waals surface area contributed by atoms with E-state index in [4.69, 9.17) is 18.9 Å². The summed E-state index contributed by atoms with van der Waals surface area (Å²) in [6, 6.07) is 0. The third-order valence-electron chi connectivity index (χ3n) is 7.95. The van der Waals surface area contributed by atoms with E-state index in [1.54, 1.807) is 0 Å². The molecule has 0 aromatic rings. The number of ether oxygens (including phenoxy) is 4. The molecule has 0 spiro atoms. The molecular weight excluding hydrogens is 612 g/mol. The van der Waals surface area contributed by atoms with Gasteiger partial charge in [-0.2, -0.15) is 0 Å². The lowest BCUT2D eigenvalue weighted by atomic mass is 9.99. The van der Waals surface area contributed by atoms with Gasteiger partial charge in [0.15, 0.2) is 6.29 Å². The average Bonchev–Trinajstić information content (AvgIpc) is 3.08. The number of carbonyl (C=O) groups is 1. The average molecular weight is 679 g/mol. The molecule has 0 aromatic heterocycles. The Morgan fingerprint density at radius 1 is 0.688 bits per heavy atom. The van der Waals surface area contributed by atoms with Gasteiger partial charge in [-0.3, -0.25) is 4.79 Å². The Bertz CT molecular complexity index is 911. The van der Waals surface area contributed by atoms with Crippen LogP contribution in [-0.4, -0.2) is 89.6 Å². The van der Waals surface area contributed by atoms with Crippen LogP contribution in [0.5, 0.6) is 0 Å². The Morgan fingerprint density at radius 3 is 1.88 bits per heavy atom. The Hall–Kier alpha value is -2.11. The van der Waals surface area contributed by atoms with Crippen molar-refractivity contribution in [1.29, 1.82) is 0 Å². The molecule has 1 aliphatic heterocycles. The number of aliphatic hydroxyl groups excluding tert-OH is 4. The summed E-state index contributed by atoms with van der Waals surface area (Å²) in [7, 11) is 0. The number of rotatable bonds is 29. The van der Waals surface area contributed by atoms with Crippen LogP contribution in [0.25, 0.3) is 0 Å². The highest BCUT2D eigenvalue weighted by molar-refractivity contribution is 5.69. The zero-order valence-electron chi connectivity index (χ0n) is 29.7. The van der Waals surface area contributed by atoms with E-state index in [0.717, 1.165) is 77.0 Å². The summed E-state index contributed by atoms with van der Waals surface area (Å²) in [5.41, 5.74) is 0. The number of aliphatic hydroxyl groups is 4. The van der Waals surface area contributed by atoms with Crippen LogP contribution in [0.2, 0.25) is 0 Å². The van der Waals surface area contributed by atoms with Crippen molar-refractivity contribution in [3.63, 3.8) is 0 Å². The van der Waals surface area contributed by atoms with E-state index < -0.39 is 43.4 Å². The Morgan fingerprint density at radius 2 is 1.27 bits per heavy atom. The van der Waals surface area contributed by atoms with Gasteiger partial charge in [0.2, 0.25) is 0 Å². The predicted molar refractivity (Wildman–Crippen MR) is 191 cm³/mol. The highest BCUT2D eigenvalue weighted by Crippen LogP contribution is 2.22. The molecule has 1 fully saturated rings. The maximum absolute atomic E-state index is 12.3. The number of carbonyl (C=O) groups excluding carboxylic acids is 1. The monoisotopic (exact) mass is 678 g/mol. The molecule has 6 atom stereocenters. The van der Waals surface area contributed by atoms with Gasteiger partial charge in [0.1, 0.15) is 30.5 Å². The summed E-state index contributed by atoms with van der Waals surface area (Å²) >= 11 is 0. The van der Waals surface area contributed by atoms with Crippen LogP contribution < -0.4 is 0 Å². The molecule has 9 nitrogen and oxygen atoms in total. The number of esters is 1. The molecule has 0 amide bonds. The lowest BCUT2D eigenvalue weighted by Gasteiger charge is -2.39. The number of unbranched alkanes of at least 4 members (excludes halogenated alkanes) is 8. The zero-order valence-corrected chi connectivity index (χ0v) is 29.7. The van der Waals surface area contributed by atoms with Gasteiger partial charge in [-0.05, 0) is 57.8 Å². The lowest BCUT2D eigenvalue weighted by molar-refractivity contribution is -0.305. The summed E-state index contributed by atoms with van der Waals surface area (Å²) in [6.45, 7) is 4.20. The molecule has 4 N–H and O–H groups in total. The summed E-state index contributed by atoms with van der Waals surface area (Å²) in [5, 5.41) is 39.6. The fraction of sp³-hybridized carbons (Fsp3) is 0.718. The van der Waals surface area contributed by atoms with Crippen molar-refractivity contribution in [1.82, 2.24) is 0 Å². The van der Waals surface area contributed by atoms with Crippen LogP contribution in [0.4, 0.5) is 0 Å². The predicted octanol–water partition coefficient (Wildman–Crippen LogP) is 6.79. The van der Waals surface area contributed by atoms with Gasteiger partial charge in [-0.1, -0.05) is 113 Å². The minimum atomic E-state index is -1.54. The summed E-state index contributed by atoms with van der Waals surface area (Å²) in [4.78, 5) is 12.3. The Balaban J connectivity index is 2.17. The van der Waals surface area contributed by atoms with E-state index >= 15 is 0 Å². The van der Waals surface area contributed by atoms with E-state index in [1.807, 2.05) is 0 Å². The van der Waals surface area contributed by atoms with Gasteiger partial charge in [-0.25, -0.2) is 0 Å². The minimum Gasteiger partial charge on any atom is -0.457 e. The van der Waals surface area contributed by atoms with Crippen molar-refractivity contribution < 1.29 is 44.2 Å². The maximum atomic E-state index is 12.3. The zero-order chi connectivity index (χ0) is 35.1. The molecular formula is C39H66O9. The third kappa shape index (κ3) is 22.5. The molecule has 6 unspecified atom stereocenters. The van der Waals surface area contributed by atoms with Crippen LogP contribution in [0.1, 0.15) is 117 Å². The molecule has 1 saturated heterocycles. The molecule has 276 valence electrons. The van der Waals surface area contributed by atoms with E-state index in [0.29, 0.717) is 13.0 Å². The molecule has 9 heteroatoms. The molecule has 0 bridgehead atoms. The highest BCUT2D eigenvalue weighted by atomic mass is 16.7. The first kappa shape index (κ1) is 43.9. The second-order valence-electron chi connectivity index (χ2n) is 12.3. The Labute approximate surface area is 290 Å². The Kier molecular flexibility index (Phi) is 28.3. The first-order valence-electron chi connectivity index (χ1n) is 18.4. The topological polar surface area (TPSA) is 135 Å². The number of hydrogen-bond donors (Lipinski definition) is 4. The van der Waals surface area contributed by atoms with Gasteiger partial charge in [-0.15, -0.1) is 0 Å². The second kappa shape index (κ2) is 30.9. The molecule has 0 aromatic carbocycles. The molecule has 1 heterocycles. The van der Waals surface area contributed by atoms with Gasteiger partial charge < -0.3 is 39.4 Å². The van der Waals surface area contributed by atoms with Gasteiger partial charge in [0.05, 0.1) is 19.8 Å². The van der Waals surface area contributed by atoms with Crippen molar-refractivity contribution in [2.75, 3.05) is 26.4 Å². The largest absolute Gasteiger partial charge is 0.457 e. The van der Waals surface area contributed by atoms with Gasteiger partial charge in [0, 0.05) is 13.0 Å². The van der Waals surface area contributed by atoms with E-state index in [9.17, 15) is 25.2 Å². The van der Waals surface area contributed by atoms with Crippen molar-refractivity contribution in [2.45, 2.75) is 153 Å². The summed E-state index contributed by atoms with van der Waals surface area (Å²) in [5.74, 6) is -0.348. The van der Waals surface area contributed by atoms with Crippen LogP contribution in [0, 0.1) is 0 Å². The molecule has 1 rings (SSSR count). The van der Waals surface area contributed by atoms with Crippen molar-refractivity contribution >= 4 is 5.97 Å². The van der Waals surface area contributed by atoms with Crippen molar-refractivity contribution in [2.24, 2.45) is 0 Å². The smallest absolute Gasteiger partial charge is 0.306 e. The SMILES string of the molecule is CC/C=C\C/C=C\C/C=C\C/C=C\C/C=C\CCCCCCCCOCC(COC1OC(CO)C(O)C(O)C1O)OC(=O)CCCCC. The molecule has 48 heavy (non-hydrogen) atoms. The fourth-order valence-electron chi connectivity index (χ4n) is 5.04. The summed E-state index contributed by atoms with van der Waals surface area (Å²) < 4.78 is 22.4. The minimum absolute atomic E-state index is 0.125.